The van der Waals surface area contributed by atoms with Crippen LogP contribution in [0.1, 0.15) is 28.6 Å². The molecule has 174 valence electrons. The van der Waals surface area contributed by atoms with E-state index in [0.717, 1.165) is 5.56 Å². The Bertz CT molecular complexity index is 1370. The minimum atomic E-state index is -0.528. The first kappa shape index (κ1) is 23.3. The number of ether oxygens (including phenoxy) is 1. The van der Waals surface area contributed by atoms with Gasteiger partial charge in [-0.1, -0.05) is 42.1 Å². The summed E-state index contributed by atoms with van der Waals surface area (Å²) >= 11 is 1.17. The number of benzene rings is 2. The van der Waals surface area contributed by atoms with Crippen molar-refractivity contribution in [3.05, 3.63) is 94.2 Å². The third kappa shape index (κ3) is 5.20. The van der Waals surface area contributed by atoms with Crippen LogP contribution in [0.4, 0.5) is 0 Å². The van der Waals surface area contributed by atoms with E-state index in [9.17, 15) is 14.4 Å². The van der Waals surface area contributed by atoms with Gasteiger partial charge in [0.15, 0.2) is 5.16 Å². The second kappa shape index (κ2) is 10.4. The number of fused-ring (bicyclic) bond motifs is 1. The van der Waals surface area contributed by atoms with Crippen molar-refractivity contribution in [3.8, 4) is 0 Å². The fraction of sp³-hybridized carbons (Fsp3) is 0.200. The van der Waals surface area contributed by atoms with Gasteiger partial charge in [-0.25, -0.2) is 9.78 Å². The second-order valence-corrected chi connectivity index (χ2v) is 8.86. The van der Waals surface area contributed by atoms with Crippen molar-refractivity contribution in [2.75, 3.05) is 7.11 Å². The van der Waals surface area contributed by atoms with Gasteiger partial charge in [-0.05, 0) is 42.8 Å². The van der Waals surface area contributed by atoms with Crippen molar-refractivity contribution >= 4 is 34.5 Å². The van der Waals surface area contributed by atoms with Gasteiger partial charge in [0.2, 0.25) is 5.91 Å². The highest BCUT2D eigenvalue weighted by atomic mass is 32.2. The predicted octanol–water partition coefficient (Wildman–Crippen LogP) is 3.62. The zero-order valence-corrected chi connectivity index (χ0v) is 19.5. The Morgan fingerprint density at radius 2 is 1.94 bits per heavy atom. The Hall–Kier alpha value is -3.85. The summed E-state index contributed by atoms with van der Waals surface area (Å²) in [6.45, 7) is 2.31. The van der Waals surface area contributed by atoms with Crippen LogP contribution in [0.15, 0.2) is 81.3 Å². The first-order valence-corrected chi connectivity index (χ1v) is 11.5. The highest BCUT2D eigenvalue weighted by Gasteiger charge is 2.21. The Morgan fingerprint density at radius 1 is 1.15 bits per heavy atom. The number of hydrogen-bond donors (Lipinski definition) is 1. The number of esters is 1. The van der Waals surface area contributed by atoms with Gasteiger partial charge in [-0.3, -0.25) is 14.2 Å². The summed E-state index contributed by atoms with van der Waals surface area (Å²) in [7, 11) is 1.29. The van der Waals surface area contributed by atoms with E-state index in [1.165, 1.54) is 41.8 Å². The van der Waals surface area contributed by atoms with Crippen LogP contribution in [0.3, 0.4) is 0 Å². The number of hydrogen-bond acceptors (Lipinski definition) is 7. The van der Waals surface area contributed by atoms with Gasteiger partial charge in [-0.15, -0.1) is 0 Å². The summed E-state index contributed by atoms with van der Waals surface area (Å²) in [6.07, 6.45) is 1.53. The molecule has 1 atom stereocenters. The fourth-order valence-corrected chi connectivity index (χ4v) is 4.31. The van der Waals surface area contributed by atoms with Crippen molar-refractivity contribution in [1.82, 2.24) is 14.9 Å². The molecule has 9 heteroatoms. The number of carbonyl (C=O) groups is 2. The minimum absolute atomic E-state index is 0.161. The van der Waals surface area contributed by atoms with Gasteiger partial charge in [0.1, 0.15) is 5.76 Å². The molecular formula is C25H23N3O5S. The molecule has 0 radical (unpaired) electrons. The van der Waals surface area contributed by atoms with Crippen molar-refractivity contribution < 1.29 is 18.7 Å². The topological polar surface area (TPSA) is 103 Å². The van der Waals surface area contributed by atoms with E-state index < -0.39 is 11.2 Å². The van der Waals surface area contributed by atoms with Crippen LogP contribution in [0.25, 0.3) is 10.9 Å². The van der Waals surface area contributed by atoms with Crippen LogP contribution in [0, 0.1) is 0 Å². The highest BCUT2D eigenvalue weighted by molar-refractivity contribution is 8.00. The van der Waals surface area contributed by atoms with Gasteiger partial charge in [0.05, 0.1) is 41.6 Å². The zero-order valence-electron chi connectivity index (χ0n) is 18.7. The molecule has 2 aromatic carbocycles. The lowest BCUT2D eigenvalue weighted by atomic mass is 10.1. The van der Waals surface area contributed by atoms with E-state index in [4.69, 9.17) is 9.15 Å². The van der Waals surface area contributed by atoms with Crippen molar-refractivity contribution in [2.24, 2.45) is 0 Å². The van der Waals surface area contributed by atoms with Crippen molar-refractivity contribution in [1.29, 1.82) is 0 Å². The SMILES string of the molecule is COC(=O)c1ccc2c(=O)n(Cc3ccco3)c(SC(C)C(=O)NCc3ccccc3)nc2c1. The quantitative estimate of drug-likeness (QED) is 0.235. The molecule has 2 heterocycles. The maximum absolute atomic E-state index is 13.3. The zero-order chi connectivity index (χ0) is 24.1. The highest BCUT2D eigenvalue weighted by Crippen LogP contribution is 2.24. The van der Waals surface area contributed by atoms with E-state index in [0.29, 0.717) is 28.4 Å². The molecule has 8 nitrogen and oxygen atoms in total. The number of nitrogens with zero attached hydrogens (tertiary/aromatic N) is 2. The molecule has 0 saturated carbocycles. The largest absolute Gasteiger partial charge is 0.467 e. The Morgan fingerprint density at radius 3 is 2.65 bits per heavy atom. The van der Waals surface area contributed by atoms with Gasteiger partial charge in [-0.2, -0.15) is 0 Å². The van der Waals surface area contributed by atoms with E-state index in [2.05, 4.69) is 10.3 Å². The molecule has 0 aliphatic rings. The Balaban J connectivity index is 1.65. The predicted molar refractivity (Wildman–Crippen MR) is 129 cm³/mol. The smallest absolute Gasteiger partial charge is 0.337 e. The maximum Gasteiger partial charge on any atom is 0.337 e. The molecule has 0 fully saturated rings. The summed E-state index contributed by atoms with van der Waals surface area (Å²) in [5, 5.41) is 3.08. The van der Waals surface area contributed by atoms with Gasteiger partial charge >= 0.3 is 5.97 Å². The first-order valence-electron chi connectivity index (χ1n) is 10.6. The lowest BCUT2D eigenvalue weighted by molar-refractivity contribution is -0.120. The standard InChI is InChI=1S/C25H23N3O5S/c1-16(22(29)26-14-17-7-4-3-5-8-17)34-25-27-21-13-18(24(31)32-2)10-11-20(21)23(30)28(25)15-19-9-6-12-33-19/h3-13,16H,14-15H2,1-2H3,(H,26,29). The van der Waals surface area contributed by atoms with E-state index in [1.807, 2.05) is 30.3 Å². The van der Waals surface area contributed by atoms with Gasteiger partial charge < -0.3 is 14.5 Å². The van der Waals surface area contributed by atoms with E-state index >= 15 is 0 Å². The molecule has 0 saturated heterocycles. The molecule has 1 N–H and O–H groups in total. The lowest BCUT2D eigenvalue weighted by Gasteiger charge is -2.16. The van der Waals surface area contributed by atoms with Crippen molar-refractivity contribution in [3.63, 3.8) is 0 Å². The van der Waals surface area contributed by atoms with E-state index in [1.54, 1.807) is 25.1 Å². The van der Waals surface area contributed by atoms with Crippen molar-refractivity contribution in [2.45, 2.75) is 30.4 Å². The number of amides is 1. The van der Waals surface area contributed by atoms with Crippen LogP contribution in [-0.2, 0) is 22.6 Å². The molecular weight excluding hydrogens is 454 g/mol. The van der Waals surface area contributed by atoms with E-state index in [-0.39, 0.29) is 23.6 Å². The minimum Gasteiger partial charge on any atom is -0.467 e. The summed E-state index contributed by atoms with van der Waals surface area (Å²) in [5.74, 6) is -0.125. The number of thioether (sulfide) groups is 1. The summed E-state index contributed by atoms with van der Waals surface area (Å²) in [5.41, 5.74) is 1.33. The number of aromatic nitrogens is 2. The Kier molecular flexibility index (Phi) is 7.12. The number of carbonyl (C=O) groups excluding carboxylic acids is 2. The van der Waals surface area contributed by atoms with Crippen LogP contribution < -0.4 is 10.9 Å². The molecule has 0 aliphatic carbocycles. The molecule has 0 spiro atoms. The number of methoxy groups -OCH3 is 1. The number of furan rings is 1. The third-order valence-electron chi connectivity index (χ3n) is 5.20. The normalized spacial score (nSPS) is 11.8. The molecule has 1 amide bonds. The third-order valence-corrected chi connectivity index (χ3v) is 6.29. The maximum atomic E-state index is 13.3. The van der Waals surface area contributed by atoms with Crippen LogP contribution >= 0.6 is 11.8 Å². The molecule has 4 aromatic rings. The van der Waals surface area contributed by atoms with Crippen LogP contribution in [-0.4, -0.2) is 33.8 Å². The van der Waals surface area contributed by atoms with Gasteiger partial charge in [0, 0.05) is 6.54 Å². The monoisotopic (exact) mass is 477 g/mol. The fourth-order valence-electron chi connectivity index (χ4n) is 3.37. The molecule has 0 bridgehead atoms. The first-order chi connectivity index (χ1) is 16.5. The summed E-state index contributed by atoms with van der Waals surface area (Å²) in [6, 6.07) is 17.7. The second-order valence-electron chi connectivity index (χ2n) is 7.55. The molecule has 2 aromatic heterocycles. The molecule has 34 heavy (non-hydrogen) atoms. The molecule has 0 aliphatic heterocycles. The Labute approximate surface area is 199 Å². The van der Waals surface area contributed by atoms with Crippen LogP contribution in [0.5, 0.6) is 0 Å². The molecule has 1 unspecified atom stereocenters. The number of rotatable bonds is 8. The number of nitrogens with one attached hydrogen (secondary N) is 1. The average Bonchev–Trinajstić information content (AvgIpc) is 3.38. The van der Waals surface area contributed by atoms with Gasteiger partial charge in [0.25, 0.3) is 5.56 Å². The summed E-state index contributed by atoms with van der Waals surface area (Å²) < 4.78 is 11.7. The average molecular weight is 478 g/mol. The molecule has 4 rings (SSSR count). The van der Waals surface area contributed by atoms with Crippen LogP contribution in [0.2, 0.25) is 0 Å². The summed E-state index contributed by atoms with van der Waals surface area (Å²) in [4.78, 5) is 42.7. The lowest BCUT2D eigenvalue weighted by Crippen LogP contribution is -2.31.